The van der Waals surface area contributed by atoms with Gasteiger partial charge in [-0.3, -0.25) is 0 Å². The van der Waals surface area contributed by atoms with E-state index in [-0.39, 0.29) is 23.7 Å². The van der Waals surface area contributed by atoms with Crippen LogP contribution in [0.15, 0.2) is 48.5 Å². The Labute approximate surface area is 125 Å². The van der Waals surface area contributed by atoms with Crippen LogP contribution in [0, 0.1) is 17.6 Å². The van der Waals surface area contributed by atoms with E-state index in [1.54, 1.807) is 12.1 Å². The van der Waals surface area contributed by atoms with Crippen molar-refractivity contribution in [3.05, 3.63) is 71.3 Å². The van der Waals surface area contributed by atoms with Crippen LogP contribution < -0.4 is 5.32 Å². The summed E-state index contributed by atoms with van der Waals surface area (Å²) in [6.07, 6.45) is 0. The quantitative estimate of drug-likeness (QED) is 0.815. The van der Waals surface area contributed by atoms with Gasteiger partial charge >= 0.3 is 0 Å². The van der Waals surface area contributed by atoms with Gasteiger partial charge in [-0.15, -0.1) is 0 Å². The first-order valence-corrected chi connectivity index (χ1v) is 7.24. The number of hydrogen-bond acceptors (Lipinski definition) is 1. The molecule has 2 atom stereocenters. The van der Waals surface area contributed by atoms with E-state index in [1.165, 1.54) is 24.3 Å². The summed E-state index contributed by atoms with van der Waals surface area (Å²) in [6, 6.07) is 13.3. The Bertz CT molecular complexity index is 561. The van der Waals surface area contributed by atoms with Crippen molar-refractivity contribution in [2.45, 2.75) is 32.9 Å². The maximum atomic E-state index is 13.1. The third kappa shape index (κ3) is 4.11. The summed E-state index contributed by atoms with van der Waals surface area (Å²) in [6.45, 7) is 6.29. The van der Waals surface area contributed by atoms with Crippen molar-refractivity contribution in [3.63, 3.8) is 0 Å². The summed E-state index contributed by atoms with van der Waals surface area (Å²) in [5.41, 5.74) is 2.09. The minimum Gasteiger partial charge on any atom is -0.303 e. The first-order chi connectivity index (χ1) is 9.97. The van der Waals surface area contributed by atoms with E-state index in [0.717, 1.165) is 11.1 Å². The summed E-state index contributed by atoms with van der Waals surface area (Å²) in [5.74, 6) is -0.101. The van der Waals surface area contributed by atoms with Gasteiger partial charge in [-0.1, -0.05) is 38.1 Å². The summed E-state index contributed by atoms with van der Waals surface area (Å²) in [4.78, 5) is 0. The fourth-order valence-corrected chi connectivity index (χ4v) is 2.46. The van der Waals surface area contributed by atoms with Crippen molar-refractivity contribution in [1.82, 2.24) is 5.32 Å². The zero-order valence-corrected chi connectivity index (χ0v) is 12.6. The molecule has 1 nitrogen and oxygen atoms in total. The lowest BCUT2D eigenvalue weighted by atomic mass is 9.94. The van der Waals surface area contributed by atoms with Crippen molar-refractivity contribution >= 4 is 0 Å². The largest absolute Gasteiger partial charge is 0.303 e. The summed E-state index contributed by atoms with van der Waals surface area (Å²) in [5, 5.41) is 3.54. The lowest BCUT2D eigenvalue weighted by Gasteiger charge is -2.27. The maximum absolute atomic E-state index is 13.1. The van der Waals surface area contributed by atoms with Gasteiger partial charge in [-0.2, -0.15) is 0 Å². The minimum atomic E-state index is -0.232. The predicted molar refractivity (Wildman–Crippen MR) is 81.9 cm³/mol. The van der Waals surface area contributed by atoms with Crippen LogP contribution >= 0.6 is 0 Å². The fourth-order valence-electron chi connectivity index (χ4n) is 2.46. The van der Waals surface area contributed by atoms with Crippen LogP contribution in [0.25, 0.3) is 0 Å². The van der Waals surface area contributed by atoms with Gasteiger partial charge in [0, 0.05) is 12.1 Å². The van der Waals surface area contributed by atoms with Gasteiger partial charge in [0.15, 0.2) is 0 Å². The second kappa shape index (κ2) is 6.81. The van der Waals surface area contributed by atoms with Crippen LogP contribution in [-0.2, 0) is 0 Å². The molecule has 0 radical (unpaired) electrons. The van der Waals surface area contributed by atoms with Crippen molar-refractivity contribution in [1.29, 1.82) is 0 Å². The van der Waals surface area contributed by atoms with E-state index >= 15 is 0 Å². The molecule has 3 heteroatoms. The van der Waals surface area contributed by atoms with E-state index in [1.807, 2.05) is 19.1 Å². The van der Waals surface area contributed by atoms with Gasteiger partial charge in [0.2, 0.25) is 0 Å². The molecule has 0 bridgehead atoms. The van der Waals surface area contributed by atoms with E-state index in [4.69, 9.17) is 0 Å². The average Bonchev–Trinajstić information content (AvgIpc) is 2.46. The Morgan fingerprint density at radius 1 is 0.714 bits per heavy atom. The van der Waals surface area contributed by atoms with Crippen molar-refractivity contribution in [2.24, 2.45) is 5.92 Å². The molecule has 2 unspecified atom stereocenters. The summed E-state index contributed by atoms with van der Waals surface area (Å²) in [7, 11) is 0. The van der Waals surface area contributed by atoms with Gasteiger partial charge in [-0.05, 0) is 48.2 Å². The number of rotatable bonds is 5. The monoisotopic (exact) mass is 289 g/mol. The highest BCUT2D eigenvalue weighted by atomic mass is 19.1. The molecule has 0 aliphatic heterocycles. The van der Waals surface area contributed by atoms with Crippen molar-refractivity contribution in [3.8, 4) is 0 Å². The second-order valence-corrected chi connectivity index (χ2v) is 5.71. The molecular formula is C18H21F2N. The summed E-state index contributed by atoms with van der Waals surface area (Å²) < 4.78 is 26.0. The average molecular weight is 289 g/mol. The number of benzene rings is 2. The Kier molecular flexibility index (Phi) is 5.07. The molecule has 112 valence electrons. The highest BCUT2D eigenvalue weighted by molar-refractivity contribution is 5.23. The zero-order valence-electron chi connectivity index (χ0n) is 12.6. The molecule has 2 aromatic carbocycles. The SMILES string of the molecule is CC(NC(c1ccc(F)cc1)C(C)C)c1ccc(F)cc1. The van der Waals surface area contributed by atoms with Gasteiger partial charge in [-0.25, -0.2) is 8.78 Å². The van der Waals surface area contributed by atoms with E-state index in [0.29, 0.717) is 5.92 Å². The zero-order chi connectivity index (χ0) is 15.4. The molecule has 1 N–H and O–H groups in total. The molecule has 0 fully saturated rings. The molecule has 0 aromatic heterocycles. The predicted octanol–water partition coefficient (Wildman–Crippen LogP) is 5.01. The highest BCUT2D eigenvalue weighted by Crippen LogP contribution is 2.26. The van der Waals surface area contributed by atoms with E-state index in [9.17, 15) is 8.78 Å². The number of nitrogens with one attached hydrogen (secondary N) is 1. The van der Waals surface area contributed by atoms with Crippen LogP contribution in [0.1, 0.15) is 44.0 Å². The smallest absolute Gasteiger partial charge is 0.123 e. The van der Waals surface area contributed by atoms with Crippen LogP contribution in [0.3, 0.4) is 0 Å². The maximum Gasteiger partial charge on any atom is 0.123 e. The van der Waals surface area contributed by atoms with Gasteiger partial charge in [0.05, 0.1) is 0 Å². The minimum absolute atomic E-state index is 0.0862. The van der Waals surface area contributed by atoms with Gasteiger partial charge in [0.25, 0.3) is 0 Å². The standard InChI is InChI=1S/C18H21F2N/c1-12(2)18(15-6-10-17(20)11-7-15)21-13(3)14-4-8-16(19)9-5-14/h4-13,18,21H,1-3H3. The molecule has 0 spiro atoms. The second-order valence-electron chi connectivity index (χ2n) is 5.71. The summed E-state index contributed by atoms with van der Waals surface area (Å²) >= 11 is 0. The highest BCUT2D eigenvalue weighted by Gasteiger charge is 2.18. The topological polar surface area (TPSA) is 12.0 Å². The van der Waals surface area contributed by atoms with Crippen LogP contribution in [0.4, 0.5) is 8.78 Å². The van der Waals surface area contributed by atoms with Gasteiger partial charge in [0.1, 0.15) is 11.6 Å². The first-order valence-electron chi connectivity index (χ1n) is 7.24. The molecule has 21 heavy (non-hydrogen) atoms. The molecule has 0 saturated carbocycles. The molecule has 0 aliphatic carbocycles. The van der Waals surface area contributed by atoms with Crippen LogP contribution in [0.5, 0.6) is 0 Å². The van der Waals surface area contributed by atoms with Gasteiger partial charge < -0.3 is 5.32 Å². The third-order valence-corrected chi connectivity index (χ3v) is 3.70. The fraction of sp³-hybridized carbons (Fsp3) is 0.333. The lowest BCUT2D eigenvalue weighted by Crippen LogP contribution is -2.28. The van der Waals surface area contributed by atoms with E-state index in [2.05, 4.69) is 19.2 Å². The Balaban J connectivity index is 2.16. The number of halogens is 2. The molecular weight excluding hydrogens is 268 g/mol. The van der Waals surface area contributed by atoms with Crippen LogP contribution in [-0.4, -0.2) is 0 Å². The van der Waals surface area contributed by atoms with Crippen molar-refractivity contribution < 1.29 is 8.78 Å². The Hall–Kier alpha value is -1.74. The molecule has 2 rings (SSSR count). The Morgan fingerprint density at radius 3 is 1.57 bits per heavy atom. The third-order valence-electron chi connectivity index (χ3n) is 3.70. The molecule has 0 amide bonds. The first kappa shape index (κ1) is 15.6. The molecule has 0 heterocycles. The van der Waals surface area contributed by atoms with E-state index < -0.39 is 0 Å². The van der Waals surface area contributed by atoms with Crippen LogP contribution in [0.2, 0.25) is 0 Å². The Morgan fingerprint density at radius 2 is 1.14 bits per heavy atom. The molecule has 2 aromatic rings. The molecule has 0 saturated heterocycles. The number of hydrogen-bond donors (Lipinski definition) is 1. The van der Waals surface area contributed by atoms with Crippen molar-refractivity contribution in [2.75, 3.05) is 0 Å². The normalized spacial score (nSPS) is 14.2. The lowest BCUT2D eigenvalue weighted by molar-refractivity contribution is 0.374. The molecule has 0 aliphatic rings.